The second-order valence-corrected chi connectivity index (χ2v) is 7.57. The van der Waals surface area contributed by atoms with Gasteiger partial charge in [0.15, 0.2) is 0 Å². The van der Waals surface area contributed by atoms with E-state index < -0.39 is 5.41 Å². The Morgan fingerprint density at radius 1 is 1.04 bits per heavy atom. The molecule has 0 unspecified atom stereocenters. The molecule has 0 atom stereocenters. The molecule has 0 fully saturated rings. The predicted octanol–water partition coefficient (Wildman–Crippen LogP) is 4.08. The van der Waals surface area contributed by atoms with Crippen LogP contribution >= 0.6 is 11.8 Å². The summed E-state index contributed by atoms with van der Waals surface area (Å²) < 4.78 is 0. The summed E-state index contributed by atoms with van der Waals surface area (Å²) in [5.74, 6) is -0.178. The van der Waals surface area contributed by atoms with Crippen LogP contribution in [0.15, 0.2) is 59.5 Å². The first-order valence-electron chi connectivity index (χ1n) is 7.83. The zero-order valence-corrected chi connectivity index (χ0v) is 15.2. The highest BCUT2D eigenvalue weighted by molar-refractivity contribution is 8.14. The molecule has 0 aliphatic heterocycles. The van der Waals surface area contributed by atoms with Gasteiger partial charge in [-0.05, 0) is 35.5 Å². The van der Waals surface area contributed by atoms with Crippen LogP contribution in [-0.4, -0.2) is 11.0 Å². The lowest BCUT2D eigenvalue weighted by atomic mass is 9.95. The molecule has 0 aliphatic rings. The Morgan fingerprint density at radius 2 is 1.68 bits per heavy atom. The summed E-state index contributed by atoms with van der Waals surface area (Å²) in [6, 6.07) is 13.4. The van der Waals surface area contributed by atoms with E-state index in [0.717, 1.165) is 17.3 Å². The van der Waals surface area contributed by atoms with Gasteiger partial charge in [0, 0.05) is 10.3 Å². The van der Waals surface area contributed by atoms with Crippen molar-refractivity contribution in [1.29, 1.82) is 0 Å². The molecule has 2 aromatic carbocycles. The lowest BCUT2D eigenvalue weighted by Gasteiger charge is -2.18. The summed E-state index contributed by atoms with van der Waals surface area (Å²) in [6.45, 7) is 5.50. The second kappa shape index (κ2) is 8.03. The Kier molecular flexibility index (Phi) is 6.04. The molecule has 130 valence electrons. The van der Waals surface area contributed by atoms with E-state index >= 15 is 0 Å². The minimum Gasteiger partial charge on any atom is -0.872 e. The van der Waals surface area contributed by atoms with Crippen LogP contribution in [0.4, 0.5) is 5.69 Å². The maximum absolute atomic E-state index is 12.2. The molecule has 4 nitrogen and oxygen atoms in total. The molecule has 1 amide bonds. The maximum Gasteiger partial charge on any atom is 0.229 e. The van der Waals surface area contributed by atoms with E-state index in [2.05, 4.69) is 5.32 Å². The summed E-state index contributed by atoms with van der Waals surface area (Å²) in [5, 5.41) is 13.8. The van der Waals surface area contributed by atoms with Crippen molar-refractivity contribution < 1.29 is 14.7 Å². The number of hydrogen-bond donors (Lipinski definition) is 1. The molecule has 25 heavy (non-hydrogen) atoms. The number of amides is 1. The molecule has 0 saturated heterocycles. The maximum atomic E-state index is 12.2. The number of rotatable bonds is 4. The van der Waals surface area contributed by atoms with Gasteiger partial charge < -0.3 is 10.4 Å². The molecule has 0 spiro atoms. The molecule has 0 saturated carbocycles. The van der Waals surface area contributed by atoms with Gasteiger partial charge in [-0.25, -0.2) is 0 Å². The van der Waals surface area contributed by atoms with Crippen molar-refractivity contribution in [3.8, 4) is 5.75 Å². The number of nitrogens with one attached hydrogen (secondary N) is 1. The van der Waals surface area contributed by atoms with Crippen molar-refractivity contribution in [2.24, 2.45) is 5.41 Å². The Bertz CT molecular complexity index is 789. The minimum absolute atomic E-state index is 0.0682. The van der Waals surface area contributed by atoms with Crippen molar-refractivity contribution >= 4 is 34.5 Å². The first kappa shape index (κ1) is 18.8. The second-order valence-electron chi connectivity index (χ2n) is 6.52. The summed E-state index contributed by atoms with van der Waals surface area (Å²) in [7, 11) is 0. The number of hydrogen-bond acceptors (Lipinski definition) is 4. The monoisotopic (exact) mass is 354 g/mol. The zero-order chi connectivity index (χ0) is 18.4. The highest BCUT2D eigenvalue weighted by Gasteiger charge is 2.22. The number of carbonyl (C=O) groups excluding carboxylic acids is 2. The molecule has 5 heteroatoms. The van der Waals surface area contributed by atoms with Crippen LogP contribution in [0.3, 0.4) is 0 Å². The lowest BCUT2D eigenvalue weighted by Crippen LogP contribution is -2.27. The molecule has 2 rings (SSSR count). The van der Waals surface area contributed by atoms with E-state index in [-0.39, 0.29) is 16.8 Å². The molecular weight excluding hydrogens is 334 g/mol. The number of thioether (sulfide) groups is 1. The molecular formula is C20H20NO3S-. The molecule has 1 N–H and O–H groups in total. The molecule has 0 aromatic heterocycles. The summed E-state index contributed by atoms with van der Waals surface area (Å²) in [4.78, 5) is 25.0. The normalized spacial score (nSPS) is 11.5. The smallest absolute Gasteiger partial charge is 0.229 e. The molecule has 0 aliphatic carbocycles. The van der Waals surface area contributed by atoms with E-state index in [4.69, 9.17) is 0 Å². The highest BCUT2D eigenvalue weighted by Crippen LogP contribution is 2.29. The number of para-hydroxylation sites is 1. The number of anilines is 1. The van der Waals surface area contributed by atoms with Crippen molar-refractivity contribution in [3.63, 3.8) is 0 Å². The standard InChI is InChI=1S/C20H21NO3S/c1-20(2,3)19(24)21-16-6-4-5-7-17(16)25-18(23)13-10-14-8-11-15(22)12-9-14/h4-13,22H,1-3H3,(H,21,24)/p-1/b13-10+. The van der Waals surface area contributed by atoms with E-state index in [0.29, 0.717) is 10.6 Å². The minimum atomic E-state index is -0.518. The van der Waals surface area contributed by atoms with Gasteiger partial charge >= 0.3 is 0 Å². The fourth-order valence-corrected chi connectivity index (χ4v) is 2.58. The van der Waals surface area contributed by atoms with Gasteiger partial charge in [0.1, 0.15) is 0 Å². The van der Waals surface area contributed by atoms with E-state index in [9.17, 15) is 14.7 Å². The third kappa shape index (κ3) is 5.80. The van der Waals surface area contributed by atoms with E-state index in [1.165, 1.54) is 18.2 Å². The Morgan fingerprint density at radius 3 is 2.32 bits per heavy atom. The average Bonchev–Trinajstić information content (AvgIpc) is 2.55. The summed E-state index contributed by atoms with van der Waals surface area (Å²) in [6.07, 6.45) is 3.11. The van der Waals surface area contributed by atoms with Gasteiger partial charge in [-0.1, -0.05) is 63.2 Å². The van der Waals surface area contributed by atoms with Crippen LogP contribution in [0, 0.1) is 5.41 Å². The van der Waals surface area contributed by atoms with E-state index in [1.54, 1.807) is 30.3 Å². The largest absolute Gasteiger partial charge is 0.872 e. The summed E-state index contributed by atoms with van der Waals surface area (Å²) >= 11 is 1.04. The molecule has 0 heterocycles. The Hall–Kier alpha value is -2.53. The summed E-state index contributed by atoms with van der Waals surface area (Å²) in [5.41, 5.74) is 0.878. The van der Waals surface area contributed by atoms with Crippen LogP contribution in [0.25, 0.3) is 6.08 Å². The highest BCUT2D eigenvalue weighted by atomic mass is 32.2. The van der Waals surface area contributed by atoms with Crippen molar-refractivity contribution in [3.05, 3.63) is 60.2 Å². The van der Waals surface area contributed by atoms with Crippen molar-refractivity contribution in [2.75, 3.05) is 5.32 Å². The van der Waals surface area contributed by atoms with Gasteiger partial charge in [0.05, 0.1) is 5.69 Å². The first-order valence-corrected chi connectivity index (χ1v) is 8.65. The third-order valence-corrected chi connectivity index (χ3v) is 4.23. The van der Waals surface area contributed by atoms with E-state index in [1.807, 2.05) is 32.9 Å². The Balaban J connectivity index is 2.08. The van der Waals surface area contributed by atoms with Crippen LogP contribution in [0.1, 0.15) is 26.3 Å². The number of benzene rings is 2. The Labute approximate surface area is 152 Å². The van der Waals surface area contributed by atoms with Crippen LogP contribution < -0.4 is 10.4 Å². The van der Waals surface area contributed by atoms with Crippen LogP contribution in [-0.2, 0) is 9.59 Å². The first-order chi connectivity index (χ1) is 11.8. The van der Waals surface area contributed by atoms with Gasteiger partial charge in [0.25, 0.3) is 0 Å². The fraction of sp³-hybridized carbons (Fsp3) is 0.200. The average molecular weight is 354 g/mol. The predicted molar refractivity (Wildman–Crippen MR) is 100 cm³/mol. The van der Waals surface area contributed by atoms with Crippen molar-refractivity contribution in [1.82, 2.24) is 0 Å². The topological polar surface area (TPSA) is 69.2 Å². The zero-order valence-electron chi connectivity index (χ0n) is 14.4. The quantitative estimate of drug-likeness (QED) is 0.663. The third-order valence-electron chi connectivity index (χ3n) is 3.32. The van der Waals surface area contributed by atoms with Crippen molar-refractivity contribution in [2.45, 2.75) is 25.7 Å². The van der Waals surface area contributed by atoms with Crippen LogP contribution in [0.2, 0.25) is 0 Å². The van der Waals surface area contributed by atoms with Gasteiger partial charge in [-0.3, -0.25) is 9.59 Å². The molecule has 2 aromatic rings. The lowest BCUT2D eigenvalue weighted by molar-refractivity contribution is -0.268. The van der Waals surface area contributed by atoms with Crippen LogP contribution in [0.5, 0.6) is 5.75 Å². The fourth-order valence-electron chi connectivity index (χ4n) is 1.85. The molecule has 0 radical (unpaired) electrons. The SMILES string of the molecule is CC(C)(C)C(=O)Nc1ccccc1SC(=O)/C=C/c1ccc([O-])cc1. The van der Waals surface area contributed by atoms with Gasteiger partial charge in [0.2, 0.25) is 11.0 Å². The number of carbonyl (C=O) groups is 2. The van der Waals surface area contributed by atoms with Gasteiger partial charge in [-0.15, -0.1) is 5.75 Å². The van der Waals surface area contributed by atoms with Gasteiger partial charge in [-0.2, -0.15) is 0 Å². The molecule has 0 bridgehead atoms.